The van der Waals surface area contributed by atoms with Gasteiger partial charge in [-0.3, -0.25) is 4.40 Å². The van der Waals surface area contributed by atoms with Crippen LogP contribution >= 0.6 is 0 Å². The van der Waals surface area contributed by atoms with Crippen molar-refractivity contribution >= 4 is 44.3 Å². The molecule has 0 N–H and O–H groups in total. The van der Waals surface area contributed by atoms with Crippen LogP contribution in [-0.2, 0) is 6.42 Å². The number of pyridine rings is 2. The minimum Gasteiger partial charge on any atom is -0.298 e. The summed E-state index contributed by atoms with van der Waals surface area (Å²) >= 11 is 0. The molecule has 5 heteroatoms. The van der Waals surface area contributed by atoms with Gasteiger partial charge in [0.1, 0.15) is 5.65 Å². The number of nitrogens with zero attached hydrogens (tertiary/aromatic N) is 5. The van der Waals surface area contributed by atoms with Gasteiger partial charge in [0.15, 0.2) is 5.82 Å². The summed E-state index contributed by atoms with van der Waals surface area (Å²) in [5.41, 5.74) is 14.4. The maximum absolute atomic E-state index is 5.27. The number of hydrogen-bond acceptors (Lipinski definition) is 4. The average molecular weight is 704 g/mol. The molecule has 5 nitrogen and oxygen atoms in total. The highest BCUT2D eigenvalue weighted by atomic mass is 15.0. The monoisotopic (exact) mass is 703 g/mol. The first-order valence-corrected chi connectivity index (χ1v) is 18.8. The summed E-state index contributed by atoms with van der Waals surface area (Å²) in [6.07, 6.45) is 8.41. The third-order valence-corrected chi connectivity index (χ3v) is 10.9. The molecule has 0 saturated heterocycles. The Morgan fingerprint density at radius 2 is 1.13 bits per heavy atom. The van der Waals surface area contributed by atoms with E-state index in [1.165, 1.54) is 16.3 Å². The summed E-state index contributed by atoms with van der Waals surface area (Å²) in [7, 11) is 0. The molecule has 0 saturated carbocycles. The van der Waals surface area contributed by atoms with Crippen molar-refractivity contribution in [2.75, 3.05) is 0 Å². The first-order chi connectivity index (χ1) is 27.2. The van der Waals surface area contributed by atoms with Crippen molar-refractivity contribution in [2.45, 2.75) is 12.8 Å². The van der Waals surface area contributed by atoms with Gasteiger partial charge in [0.2, 0.25) is 0 Å². The van der Waals surface area contributed by atoms with Crippen LogP contribution in [-0.4, -0.2) is 24.3 Å². The molecular weight excluding hydrogens is 671 g/mol. The van der Waals surface area contributed by atoms with Crippen LogP contribution in [0.1, 0.15) is 17.7 Å². The van der Waals surface area contributed by atoms with Crippen molar-refractivity contribution in [1.29, 1.82) is 0 Å². The zero-order chi connectivity index (χ0) is 36.3. The summed E-state index contributed by atoms with van der Waals surface area (Å²) in [5, 5.41) is 4.69. The minimum atomic E-state index is 0.688. The normalized spacial score (nSPS) is 12.5. The highest BCUT2D eigenvalue weighted by Gasteiger charge is 2.21. The number of allylic oxidation sites excluding steroid dienone is 1. The summed E-state index contributed by atoms with van der Waals surface area (Å²) < 4.78 is 2.17. The molecule has 0 bridgehead atoms. The number of fused-ring (bicyclic) bond motifs is 7. The van der Waals surface area contributed by atoms with E-state index in [0.717, 1.165) is 96.5 Å². The van der Waals surface area contributed by atoms with Crippen molar-refractivity contribution in [3.63, 3.8) is 0 Å². The van der Waals surface area contributed by atoms with Crippen molar-refractivity contribution in [1.82, 2.24) is 24.3 Å². The fraction of sp³-hybridized carbons (Fsp3) is 0.0400. The third kappa shape index (κ3) is 5.32. The molecule has 6 aromatic carbocycles. The maximum Gasteiger partial charge on any atom is 0.160 e. The van der Waals surface area contributed by atoms with E-state index < -0.39 is 0 Å². The Labute approximate surface area is 318 Å². The summed E-state index contributed by atoms with van der Waals surface area (Å²) in [4.78, 5) is 20.8. The molecule has 0 aliphatic heterocycles. The van der Waals surface area contributed by atoms with E-state index in [0.29, 0.717) is 5.82 Å². The SMILES string of the molecule is C1=Cc2nc(-c3ccc(-c4cccc(-c5nc(-c6cccc7ccccc67)cc(-c6cccc7ccccc67)n5)c4)cc3)c3c(nc4ccccn43)c2CC1. The largest absolute Gasteiger partial charge is 0.298 e. The van der Waals surface area contributed by atoms with Crippen LogP contribution in [0.25, 0.3) is 101 Å². The van der Waals surface area contributed by atoms with Crippen molar-refractivity contribution in [2.24, 2.45) is 0 Å². The van der Waals surface area contributed by atoms with Crippen LogP contribution in [0.3, 0.4) is 0 Å². The molecule has 4 aromatic heterocycles. The number of hydrogen-bond donors (Lipinski definition) is 0. The lowest BCUT2D eigenvalue weighted by molar-refractivity contribution is 0.975. The molecule has 55 heavy (non-hydrogen) atoms. The Hall–Kier alpha value is -7.24. The fourth-order valence-corrected chi connectivity index (χ4v) is 8.21. The Kier molecular flexibility index (Phi) is 7.24. The topological polar surface area (TPSA) is 56.0 Å². The first kappa shape index (κ1) is 31.3. The number of benzene rings is 6. The van der Waals surface area contributed by atoms with Gasteiger partial charge in [-0.1, -0.05) is 140 Å². The number of aryl methyl sites for hydroxylation is 1. The molecule has 0 atom stereocenters. The van der Waals surface area contributed by atoms with E-state index in [9.17, 15) is 0 Å². The van der Waals surface area contributed by atoms with Crippen molar-refractivity contribution in [3.8, 4) is 56.3 Å². The molecule has 1 aliphatic carbocycles. The van der Waals surface area contributed by atoms with Crippen molar-refractivity contribution in [3.05, 3.63) is 181 Å². The van der Waals surface area contributed by atoms with Gasteiger partial charge in [-0.15, -0.1) is 0 Å². The van der Waals surface area contributed by atoms with Gasteiger partial charge in [0, 0.05) is 34.0 Å². The third-order valence-electron chi connectivity index (χ3n) is 10.9. The lowest BCUT2D eigenvalue weighted by Gasteiger charge is -2.14. The van der Waals surface area contributed by atoms with Gasteiger partial charge < -0.3 is 0 Å². The quantitative estimate of drug-likeness (QED) is 0.179. The predicted molar refractivity (Wildman–Crippen MR) is 226 cm³/mol. The van der Waals surface area contributed by atoms with Gasteiger partial charge in [0.05, 0.1) is 33.8 Å². The highest BCUT2D eigenvalue weighted by Crippen LogP contribution is 2.37. The van der Waals surface area contributed by atoms with Crippen LogP contribution < -0.4 is 0 Å². The van der Waals surface area contributed by atoms with Gasteiger partial charge >= 0.3 is 0 Å². The van der Waals surface area contributed by atoms with Crippen molar-refractivity contribution < 1.29 is 0 Å². The second-order valence-corrected chi connectivity index (χ2v) is 14.2. The predicted octanol–water partition coefficient (Wildman–Crippen LogP) is 12.3. The van der Waals surface area contributed by atoms with E-state index >= 15 is 0 Å². The van der Waals surface area contributed by atoms with Gasteiger partial charge in [-0.25, -0.2) is 19.9 Å². The molecule has 0 spiro atoms. The minimum absolute atomic E-state index is 0.688. The number of rotatable bonds is 5. The Bertz CT molecular complexity index is 3050. The Morgan fingerprint density at radius 1 is 0.491 bits per heavy atom. The molecule has 0 amide bonds. The van der Waals surface area contributed by atoms with E-state index in [1.54, 1.807) is 0 Å². The maximum atomic E-state index is 5.27. The molecular formula is C50H33N5. The molecule has 258 valence electrons. The van der Waals surface area contributed by atoms with Crippen LogP contribution in [0.15, 0.2) is 170 Å². The molecule has 1 aliphatic rings. The van der Waals surface area contributed by atoms with Crippen LogP contribution in [0.4, 0.5) is 0 Å². The van der Waals surface area contributed by atoms with E-state index in [-0.39, 0.29) is 0 Å². The lowest BCUT2D eigenvalue weighted by atomic mass is 9.97. The molecule has 10 aromatic rings. The van der Waals surface area contributed by atoms with Gasteiger partial charge in [-0.2, -0.15) is 0 Å². The number of imidazole rings is 1. The molecule has 0 radical (unpaired) electrons. The summed E-state index contributed by atoms with van der Waals surface area (Å²) in [6.45, 7) is 0. The Balaban J connectivity index is 1.03. The molecule has 0 unspecified atom stereocenters. The zero-order valence-electron chi connectivity index (χ0n) is 29.9. The first-order valence-electron chi connectivity index (χ1n) is 18.8. The Morgan fingerprint density at radius 3 is 1.87 bits per heavy atom. The van der Waals surface area contributed by atoms with Crippen LogP contribution in [0.5, 0.6) is 0 Å². The zero-order valence-corrected chi connectivity index (χ0v) is 29.9. The van der Waals surface area contributed by atoms with E-state index in [4.69, 9.17) is 19.9 Å². The molecule has 0 fully saturated rings. The molecule has 4 heterocycles. The number of aromatic nitrogens is 5. The second-order valence-electron chi connectivity index (χ2n) is 14.2. The van der Waals surface area contributed by atoms with Gasteiger partial charge in [-0.05, 0) is 75.9 Å². The highest BCUT2D eigenvalue weighted by molar-refractivity contribution is 6.00. The standard InChI is InChI=1S/C50H33N5/c1-3-18-38-33(12-1)14-10-21-40(38)44-31-45(41-22-11-15-34-13-2-4-19-39(34)41)53-50(52-44)37-17-9-16-36(30-37)32-25-27-35(28-26-32)47-49-48(42-20-5-6-23-43(42)51-47)54-46-24-7-8-29-55(46)49/h1-4,6-19,21-31H,5,20H2. The second kappa shape index (κ2) is 12.7. The lowest BCUT2D eigenvalue weighted by Crippen LogP contribution is -2.02. The van der Waals surface area contributed by atoms with Gasteiger partial charge in [0.25, 0.3) is 0 Å². The van der Waals surface area contributed by atoms with Crippen LogP contribution in [0.2, 0.25) is 0 Å². The summed E-state index contributed by atoms with van der Waals surface area (Å²) in [6, 6.07) is 55.5. The van der Waals surface area contributed by atoms with Crippen LogP contribution in [0, 0.1) is 0 Å². The fourth-order valence-electron chi connectivity index (χ4n) is 8.21. The van der Waals surface area contributed by atoms with E-state index in [1.807, 2.05) is 6.07 Å². The average Bonchev–Trinajstić information content (AvgIpc) is 3.66. The molecule has 11 rings (SSSR count). The van der Waals surface area contributed by atoms with E-state index in [2.05, 4.69) is 174 Å². The smallest absolute Gasteiger partial charge is 0.160 e. The summed E-state index contributed by atoms with van der Waals surface area (Å²) in [5.74, 6) is 0.688.